The molecular formula is C15H21N5O2. The summed E-state index contributed by atoms with van der Waals surface area (Å²) in [4.78, 5) is 25.2. The highest BCUT2D eigenvalue weighted by atomic mass is 16.5. The average Bonchev–Trinajstić information content (AvgIpc) is 2.92. The molecule has 0 fully saturated rings. The van der Waals surface area contributed by atoms with Crippen LogP contribution >= 0.6 is 0 Å². The number of hydrogen-bond donors (Lipinski definition) is 2. The van der Waals surface area contributed by atoms with Gasteiger partial charge in [0.05, 0.1) is 6.33 Å². The van der Waals surface area contributed by atoms with Crippen molar-refractivity contribution in [3.63, 3.8) is 0 Å². The Balaban J connectivity index is 1.95. The van der Waals surface area contributed by atoms with Gasteiger partial charge in [0.2, 0.25) is 5.88 Å². The van der Waals surface area contributed by atoms with E-state index in [1.165, 1.54) is 6.33 Å². The van der Waals surface area contributed by atoms with Gasteiger partial charge >= 0.3 is 0 Å². The largest absolute Gasteiger partial charge is 0.476 e. The third kappa shape index (κ3) is 4.29. The molecule has 0 aliphatic heterocycles. The second-order valence-corrected chi connectivity index (χ2v) is 5.18. The summed E-state index contributed by atoms with van der Waals surface area (Å²) in [6.45, 7) is 3.50. The highest BCUT2D eigenvalue weighted by molar-refractivity contribution is 5.93. The fourth-order valence-corrected chi connectivity index (χ4v) is 1.86. The lowest BCUT2D eigenvalue weighted by atomic mass is 10.2. The van der Waals surface area contributed by atoms with Gasteiger partial charge in [0.25, 0.3) is 5.91 Å². The number of aryl methyl sites for hydroxylation is 1. The van der Waals surface area contributed by atoms with E-state index in [1.54, 1.807) is 6.20 Å². The zero-order valence-corrected chi connectivity index (χ0v) is 13.1. The van der Waals surface area contributed by atoms with Crippen molar-refractivity contribution in [2.45, 2.75) is 13.5 Å². The molecule has 2 rings (SSSR count). The first-order valence-electron chi connectivity index (χ1n) is 7.07. The first-order chi connectivity index (χ1) is 10.6. The van der Waals surface area contributed by atoms with Crippen molar-refractivity contribution in [3.8, 4) is 5.88 Å². The van der Waals surface area contributed by atoms with E-state index in [0.29, 0.717) is 24.7 Å². The molecule has 0 bridgehead atoms. The Kier molecular flexibility index (Phi) is 5.48. The smallest absolute Gasteiger partial charge is 0.272 e. The van der Waals surface area contributed by atoms with Gasteiger partial charge in [-0.25, -0.2) is 9.97 Å². The fraction of sp³-hybridized carbons (Fsp3) is 0.400. The lowest BCUT2D eigenvalue weighted by Gasteiger charge is -2.13. The summed E-state index contributed by atoms with van der Waals surface area (Å²) in [5.41, 5.74) is 1.98. The molecule has 2 N–H and O–H groups in total. The number of carbonyl (C=O) groups excluding carboxylic acids is 1. The minimum atomic E-state index is -0.221. The number of rotatable bonds is 7. The lowest BCUT2D eigenvalue weighted by molar-refractivity contribution is 0.0945. The van der Waals surface area contributed by atoms with E-state index < -0.39 is 0 Å². The van der Waals surface area contributed by atoms with E-state index in [2.05, 4.69) is 20.3 Å². The van der Waals surface area contributed by atoms with Crippen molar-refractivity contribution in [1.82, 2.24) is 25.2 Å². The Labute approximate surface area is 129 Å². The number of aromatic amines is 1. The standard InChI is InChI=1S/C15H21N5O2/c1-11-13(19-10-18-11)14(21)17-9-12-5-4-6-16-15(12)22-8-7-20(2)3/h4-6,10H,7-9H2,1-3H3,(H,17,21)(H,18,19). The number of H-pyrrole nitrogens is 1. The van der Waals surface area contributed by atoms with E-state index in [0.717, 1.165) is 17.8 Å². The van der Waals surface area contributed by atoms with Crippen LogP contribution < -0.4 is 10.1 Å². The second-order valence-electron chi connectivity index (χ2n) is 5.18. The topological polar surface area (TPSA) is 83.1 Å². The number of nitrogens with zero attached hydrogens (tertiary/aromatic N) is 3. The van der Waals surface area contributed by atoms with Crippen LogP contribution in [0.3, 0.4) is 0 Å². The summed E-state index contributed by atoms with van der Waals surface area (Å²) < 4.78 is 5.67. The quantitative estimate of drug-likeness (QED) is 0.797. The van der Waals surface area contributed by atoms with Crippen LogP contribution in [0.1, 0.15) is 21.7 Å². The van der Waals surface area contributed by atoms with Crippen LogP contribution in [-0.2, 0) is 6.54 Å². The van der Waals surface area contributed by atoms with Crippen molar-refractivity contribution in [2.75, 3.05) is 27.2 Å². The predicted octanol–water partition coefficient (Wildman–Crippen LogP) is 0.984. The maximum Gasteiger partial charge on any atom is 0.272 e. The van der Waals surface area contributed by atoms with Crippen molar-refractivity contribution in [1.29, 1.82) is 0 Å². The number of likely N-dealkylation sites (N-methyl/N-ethyl adjacent to an activating group) is 1. The number of nitrogens with one attached hydrogen (secondary N) is 2. The van der Waals surface area contributed by atoms with Crippen LogP contribution in [0.5, 0.6) is 5.88 Å². The Hall–Kier alpha value is -2.41. The van der Waals surface area contributed by atoms with Crippen LogP contribution in [0.15, 0.2) is 24.7 Å². The highest BCUT2D eigenvalue weighted by Crippen LogP contribution is 2.14. The molecule has 0 saturated carbocycles. The fourth-order valence-electron chi connectivity index (χ4n) is 1.86. The maximum atomic E-state index is 12.1. The molecule has 0 spiro atoms. The first-order valence-corrected chi connectivity index (χ1v) is 7.07. The molecule has 0 aliphatic rings. The molecule has 2 aromatic heterocycles. The van der Waals surface area contributed by atoms with Gasteiger partial charge in [-0.15, -0.1) is 0 Å². The van der Waals surface area contributed by atoms with Crippen molar-refractivity contribution in [3.05, 3.63) is 41.6 Å². The number of pyridine rings is 1. The summed E-state index contributed by atoms with van der Waals surface area (Å²) in [5, 5.41) is 2.83. The van der Waals surface area contributed by atoms with Crippen LogP contribution in [0, 0.1) is 6.92 Å². The molecule has 0 aliphatic carbocycles. The molecule has 0 radical (unpaired) electrons. The van der Waals surface area contributed by atoms with E-state index in [-0.39, 0.29) is 5.91 Å². The third-order valence-corrected chi connectivity index (χ3v) is 3.11. The van der Waals surface area contributed by atoms with E-state index in [4.69, 9.17) is 4.74 Å². The van der Waals surface area contributed by atoms with E-state index >= 15 is 0 Å². The molecule has 7 heteroatoms. The summed E-state index contributed by atoms with van der Waals surface area (Å²) in [7, 11) is 3.96. The molecule has 0 atom stereocenters. The minimum absolute atomic E-state index is 0.221. The Morgan fingerprint density at radius 3 is 2.91 bits per heavy atom. The number of ether oxygens (including phenoxy) is 1. The third-order valence-electron chi connectivity index (χ3n) is 3.11. The molecule has 1 amide bonds. The summed E-state index contributed by atoms with van der Waals surface area (Å²) in [5.74, 6) is 0.324. The molecule has 2 aromatic rings. The van der Waals surface area contributed by atoms with E-state index in [9.17, 15) is 4.79 Å². The number of hydrogen-bond acceptors (Lipinski definition) is 5. The van der Waals surface area contributed by atoms with Crippen LogP contribution in [-0.4, -0.2) is 53.0 Å². The molecule has 0 unspecified atom stereocenters. The summed E-state index contributed by atoms with van der Waals surface area (Å²) in [6.07, 6.45) is 3.18. The molecule has 2 heterocycles. The zero-order valence-electron chi connectivity index (χ0n) is 13.1. The maximum absolute atomic E-state index is 12.1. The minimum Gasteiger partial charge on any atom is -0.476 e. The number of imidazole rings is 1. The number of carbonyl (C=O) groups is 1. The van der Waals surface area contributed by atoms with Gasteiger partial charge in [0.1, 0.15) is 12.3 Å². The lowest BCUT2D eigenvalue weighted by Crippen LogP contribution is -2.25. The van der Waals surface area contributed by atoms with Crippen molar-refractivity contribution in [2.24, 2.45) is 0 Å². The van der Waals surface area contributed by atoms with Gasteiger partial charge in [-0.3, -0.25) is 4.79 Å². The SMILES string of the molecule is Cc1[nH]cnc1C(=O)NCc1cccnc1OCCN(C)C. The van der Waals surface area contributed by atoms with Gasteiger partial charge in [0.15, 0.2) is 0 Å². The van der Waals surface area contributed by atoms with Gasteiger partial charge in [-0.05, 0) is 27.1 Å². The molecule has 118 valence electrons. The number of amides is 1. The summed E-state index contributed by atoms with van der Waals surface area (Å²) >= 11 is 0. The zero-order chi connectivity index (χ0) is 15.9. The van der Waals surface area contributed by atoms with Crippen molar-refractivity contribution >= 4 is 5.91 Å². The van der Waals surface area contributed by atoms with Crippen molar-refractivity contribution < 1.29 is 9.53 Å². The Morgan fingerprint density at radius 2 is 2.23 bits per heavy atom. The molecule has 22 heavy (non-hydrogen) atoms. The molecule has 0 aromatic carbocycles. The van der Waals surface area contributed by atoms with Gasteiger partial charge in [-0.1, -0.05) is 6.07 Å². The molecular weight excluding hydrogens is 282 g/mol. The Bertz CT molecular complexity index is 624. The molecule has 7 nitrogen and oxygen atoms in total. The van der Waals surface area contributed by atoms with Gasteiger partial charge < -0.3 is 19.9 Å². The second kappa shape index (κ2) is 7.56. The average molecular weight is 303 g/mol. The van der Waals surface area contributed by atoms with Crippen LogP contribution in [0.25, 0.3) is 0 Å². The number of aromatic nitrogens is 3. The van der Waals surface area contributed by atoms with Crippen LogP contribution in [0.2, 0.25) is 0 Å². The molecule has 0 saturated heterocycles. The summed E-state index contributed by atoms with van der Waals surface area (Å²) in [6, 6.07) is 3.70. The normalized spacial score (nSPS) is 10.7. The van der Waals surface area contributed by atoms with Gasteiger partial charge in [-0.2, -0.15) is 0 Å². The predicted molar refractivity (Wildman–Crippen MR) is 82.8 cm³/mol. The van der Waals surface area contributed by atoms with Gasteiger partial charge in [0, 0.05) is 30.5 Å². The monoisotopic (exact) mass is 303 g/mol. The Morgan fingerprint density at radius 1 is 1.41 bits per heavy atom. The first kappa shape index (κ1) is 16.0. The highest BCUT2D eigenvalue weighted by Gasteiger charge is 2.12. The van der Waals surface area contributed by atoms with Crippen LogP contribution in [0.4, 0.5) is 0 Å². The van der Waals surface area contributed by atoms with E-state index in [1.807, 2.05) is 38.1 Å².